The van der Waals surface area contributed by atoms with Gasteiger partial charge in [-0.3, -0.25) is 0 Å². The van der Waals surface area contributed by atoms with Crippen LogP contribution in [0.25, 0.3) is 27.1 Å². The fourth-order valence-corrected chi connectivity index (χ4v) is 3.49. The van der Waals surface area contributed by atoms with Crippen molar-refractivity contribution in [3.05, 3.63) is 60.7 Å². The van der Waals surface area contributed by atoms with Crippen molar-refractivity contribution in [1.29, 1.82) is 0 Å². The number of fused-ring (bicyclic) bond motifs is 3. The van der Waals surface area contributed by atoms with Crippen LogP contribution in [0, 0.1) is 0 Å². The van der Waals surface area contributed by atoms with E-state index in [1.54, 1.807) is 13.0 Å². The van der Waals surface area contributed by atoms with Gasteiger partial charge < -0.3 is 4.55 Å². The minimum absolute atomic E-state index is 0. The van der Waals surface area contributed by atoms with E-state index in [4.69, 9.17) is 0 Å². The standard InChI is InChI=1S/C17H14O3S.K/c1-11(2)17-15-8-7-12-5-3-4-6-13(12)14(15)9-10-16(17)21(18,19)20;/h3-10H,1H2,2H3,(H,18,19,20);/q;+1/p-1. The van der Waals surface area contributed by atoms with Crippen LogP contribution in [-0.4, -0.2) is 13.0 Å². The Morgan fingerprint density at radius 2 is 1.59 bits per heavy atom. The van der Waals surface area contributed by atoms with Crippen LogP contribution in [-0.2, 0) is 10.1 Å². The van der Waals surface area contributed by atoms with Crippen LogP contribution in [0.15, 0.2) is 60.0 Å². The van der Waals surface area contributed by atoms with Gasteiger partial charge in [-0.25, -0.2) is 8.42 Å². The van der Waals surface area contributed by atoms with Crippen LogP contribution in [0.3, 0.4) is 0 Å². The van der Waals surface area contributed by atoms with Crippen molar-refractivity contribution in [2.45, 2.75) is 11.8 Å². The fourth-order valence-electron chi connectivity index (χ4n) is 2.72. The van der Waals surface area contributed by atoms with Gasteiger partial charge in [0, 0.05) is 5.56 Å². The predicted octanol–water partition coefficient (Wildman–Crippen LogP) is 0.934. The number of hydrogen-bond acceptors (Lipinski definition) is 3. The summed E-state index contributed by atoms with van der Waals surface area (Å²) in [6.07, 6.45) is 0. The van der Waals surface area contributed by atoms with Crippen LogP contribution in [0.2, 0.25) is 0 Å². The first-order chi connectivity index (χ1) is 9.89. The SMILES string of the molecule is C=C(C)c1c(S(=O)(=O)[O-])ccc2c1ccc1ccccc12.[K+]. The van der Waals surface area contributed by atoms with Gasteiger partial charge in [0.2, 0.25) is 0 Å². The van der Waals surface area contributed by atoms with Gasteiger partial charge in [-0.2, -0.15) is 0 Å². The third kappa shape index (κ3) is 3.07. The fraction of sp³-hybridized carbons (Fsp3) is 0.0588. The van der Waals surface area contributed by atoms with Crippen molar-refractivity contribution < 1.29 is 64.4 Å². The molecule has 0 spiro atoms. The Labute approximate surface area is 172 Å². The zero-order chi connectivity index (χ0) is 15.2. The van der Waals surface area contributed by atoms with Gasteiger partial charge in [0.05, 0.1) is 4.90 Å². The molecular formula is C17H13KO3S. The second-order valence-electron chi connectivity index (χ2n) is 5.05. The average Bonchev–Trinajstić information content (AvgIpc) is 2.44. The predicted molar refractivity (Wildman–Crippen MR) is 84.1 cm³/mol. The Hall–Kier alpha value is -0.534. The van der Waals surface area contributed by atoms with E-state index in [0.717, 1.165) is 21.5 Å². The zero-order valence-corrected chi connectivity index (χ0v) is 16.4. The smallest absolute Gasteiger partial charge is 0.744 e. The molecule has 3 rings (SSSR count). The van der Waals surface area contributed by atoms with Crippen molar-refractivity contribution in [2.24, 2.45) is 0 Å². The molecule has 0 amide bonds. The third-order valence-corrected chi connectivity index (χ3v) is 4.46. The van der Waals surface area contributed by atoms with E-state index in [-0.39, 0.29) is 56.3 Å². The molecule has 0 N–H and O–H groups in total. The molecule has 0 fully saturated rings. The summed E-state index contributed by atoms with van der Waals surface area (Å²) >= 11 is 0. The summed E-state index contributed by atoms with van der Waals surface area (Å²) < 4.78 is 34.4. The first-order valence-corrected chi connectivity index (χ1v) is 7.86. The second-order valence-corrected chi connectivity index (χ2v) is 6.40. The molecular weight excluding hydrogens is 323 g/mol. The monoisotopic (exact) mass is 336 g/mol. The summed E-state index contributed by atoms with van der Waals surface area (Å²) in [6.45, 7) is 5.53. The van der Waals surface area contributed by atoms with Crippen molar-refractivity contribution in [2.75, 3.05) is 0 Å². The Morgan fingerprint density at radius 1 is 0.955 bits per heavy atom. The molecule has 3 aromatic carbocycles. The van der Waals surface area contributed by atoms with E-state index >= 15 is 0 Å². The summed E-state index contributed by atoms with van der Waals surface area (Å²) in [5, 5.41) is 3.74. The van der Waals surface area contributed by atoms with Crippen LogP contribution in [0.4, 0.5) is 0 Å². The molecule has 0 saturated carbocycles. The van der Waals surface area contributed by atoms with Crippen LogP contribution in [0.5, 0.6) is 0 Å². The molecule has 0 bridgehead atoms. The van der Waals surface area contributed by atoms with Gasteiger partial charge in [0.25, 0.3) is 0 Å². The molecule has 0 aliphatic rings. The first-order valence-electron chi connectivity index (χ1n) is 6.46. The molecule has 0 atom stereocenters. The Bertz CT molecular complexity index is 991. The summed E-state index contributed by atoms with van der Waals surface area (Å²) in [6, 6.07) is 14.7. The first kappa shape index (κ1) is 17.8. The van der Waals surface area contributed by atoms with Crippen molar-refractivity contribution in [3.63, 3.8) is 0 Å². The molecule has 0 aliphatic heterocycles. The minimum Gasteiger partial charge on any atom is -0.744 e. The molecule has 3 nitrogen and oxygen atoms in total. The number of rotatable bonds is 2. The van der Waals surface area contributed by atoms with Crippen LogP contribution >= 0.6 is 0 Å². The molecule has 0 heterocycles. The Balaban J connectivity index is 0.00000176. The van der Waals surface area contributed by atoms with E-state index in [1.807, 2.05) is 36.4 Å². The van der Waals surface area contributed by atoms with E-state index in [9.17, 15) is 13.0 Å². The number of allylic oxidation sites excluding steroid dienone is 1. The van der Waals surface area contributed by atoms with Gasteiger partial charge >= 0.3 is 51.4 Å². The number of hydrogen-bond donors (Lipinski definition) is 0. The normalized spacial score (nSPS) is 11.4. The van der Waals surface area contributed by atoms with E-state index in [0.29, 0.717) is 11.1 Å². The molecule has 0 aliphatic carbocycles. The van der Waals surface area contributed by atoms with E-state index < -0.39 is 10.1 Å². The Kier molecular flexibility index (Phi) is 5.29. The summed E-state index contributed by atoms with van der Waals surface area (Å²) in [5.74, 6) is 0. The molecule has 0 aromatic heterocycles. The maximum Gasteiger partial charge on any atom is 1.00 e. The minimum atomic E-state index is -4.53. The van der Waals surface area contributed by atoms with Crippen molar-refractivity contribution in [3.8, 4) is 0 Å². The van der Waals surface area contributed by atoms with Gasteiger partial charge in [-0.1, -0.05) is 49.0 Å². The molecule has 5 heteroatoms. The molecule has 0 unspecified atom stereocenters. The molecule has 0 saturated heterocycles. The van der Waals surface area contributed by atoms with Gasteiger partial charge in [-0.05, 0) is 40.1 Å². The van der Waals surface area contributed by atoms with Crippen LogP contribution in [0.1, 0.15) is 12.5 Å². The van der Waals surface area contributed by atoms with E-state index in [2.05, 4.69) is 6.58 Å². The van der Waals surface area contributed by atoms with Gasteiger partial charge in [0.1, 0.15) is 10.1 Å². The molecule has 0 radical (unpaired) electrons. The van der Waals surface area contributed by atoms with Crippen LogP contribution < -0.4 is 51.4 Å². The maximum absolute atomic E-state index is 11.5. The second kappa shape index (κ2) is 6.53. The average molecular weight is 336 g/mol. The largest absolute Gasteiger partial charge is 1.00 e. The Morgan fingerprint density at radius 3 is 2.23 bits per heavy atom. The molecule has 3 aromatic rings. The zero-order valence-electron chi connectivity index (χ0n) is 12.5. The summed E-state index contributed by atoms with van der Waals surface area (Å²) in [5.41, 5.74) is 0.971. The molecule has 22 heavy (non-hydrogen) atoms. The summed E-state index contributed by atoms with van der Waals surface area (Å²) in [7, 11) is -4.53. The molecule has 106 valence electrons. The van der Waals surface area contributed by atoms with Crippen molar-refractivity contribution >= 4 is 37.2 Å². The van der Waals surface area contributed by atoms with Crippen molar-refractivity contribution in [1.82, 2.24) is 0 Å². The number of benzene rings is 3. The quantitative estimate of drug-likeness (QED) is 0.397. The topological polar surface area (TPSA) is 57.2 Å². The maximum atomic E-state index is 11.5. The van der Waals surface area contributed by atoms with Gasteiger partial charge in [-0.15, -0.1) is 0 Å². The van der Waals surface area contributed by atoms with E-state index in [1.165, 1.54) is 6.07 Å². The third-order valence-electron chi connectivity index (χ3n) is 3.58. The summed E-state index contributed by atoms with van der Waals surface area (Å²) in [4.78, 5) is -0.210. The van der Waals surface area contributed by atoms with Gasteiger partial charge in [0.15, 0.2) is 0 Å².